The van der Waals surface area contributed by atoms with Crippen LogP contribution in [0.4, 0.5) is 5.69 Å². The summed E-state index contributed by atoms with van der Waals surface area (Å²) in [6.07, 6.45) is 1.35. The summed E-state index contributed by atoms with van der Waals surface area (Å²) in [5.41, 5.74) is 2.13. The molecule has 26 heavy (non-hydrogen) atoms. The molecule has 0 aliphatic carbocycles. The van der Waals surface area contributed by atoms with E-state index in [0.717, 1.165) is 12.0 Å². The third kappa shape index (κ3) is 5.62. The zero-order valence-electron chi connectivity index (χ0n) is 15.8. The molecule has 2 amide bonds. The van der Waals surface area contributed by atoms with Crippen LogP contribution in [0.5, 0.6) is 5.75 Å². The Kier molecular flexibility index (Phi) is 6.78. The average Bonchev–Trinajstić information content (AvgIpc) is 2.63. The largest absolute Gasteiger partial charge is 0.491 e. The Morgan fingerprint density at radius 1 is 1.12 bits per heavy atom. The van der Waals surface area contributed by atoms with Crippen molar-refractivity contribution in [1.82, 2.24) is 4.90 Å². The maximum absolute atomic E-state index is 12.4. The van der Waals surface area contributed by atoms with E-state index < -0.39 is 0 Å². The lowest BCUT2D eigenvalue weighted by Gasteiger charge is -2.13. The summed E-state index contributed by atoms with van der Waals surface area (Å²) < 4.78 is 5.76. The molecule has 0 saturated heterocycles. The number of benzene rings is 2. The Morgan fingerprint density at radius 3 is 2.42 bits per heavy atom. The summed E-state index contributed by atoms with van der Waals surface area (Å²) in [6, 6.07) is 14.4. The molecule has 0 bridgehead atoms. The van der Waals surface area contributed by atoms with Gasteiger partial charge in [0.25, 0.3) is 5.91 Å². The number of likely N-dealkylation sites (N-methyl/N-ethyl adjacent to an activating group) is 1. The molecule has 1 atom stereocenters. The lowest BCUT2D eigenvalue weighted by Crippen LogP contribution is -2.23. The van der Waals surface area contributed by atoms with Gasteiger partial charge in [0, 0.05) is 25.3 Å². The second-order valence-electron chi connectivity index (χ2n) is 6.48. The number of anilines is 1. The lowest BCUT2D eigenvalue weighted by molar-refractivity contribution is -0.127. The minimum Gasteiger partial charge on any atom is -0.491 e. The molecule has 0 aliphatic heterocycles. The molecule has 0 heterocycles. The standard InChI is InChI=1S/C21H26N2O3/c1-5-15(2)26-19-8-6-7-17(14-19)21(25)22-18-11-9-16(10-12-18)13-20(24)23(3)4/h6-12,14-15H,5,13H2,1-4H3,(H,22,25). The Labute approximate surface area is 155 Å². The van der Waals surface area contributed by atoms with Crippen LogP contribution in [-0.2, 0) is 11.2 Å². The topological polar surface area (TPSA) is 58.6 Å². The van der Waals surface area contributed by atoms with Gasteiger partial charge in [0.05, 0.1) is 12.5 Å². The van der Waals surface area contributed by atoms with Gasteiger partial charge in [-0.25, -0.2) is 0 Å². The van der Waals surface area contributed by atoms with Gasteiger partial charge in [0.1, 0.15) is 5.75 Å². The van der Waals surface area contributed by atoms with Gasteiger partial charge in [-0.2, -0.15) is 0 Å². The van der Waals surface area contributed by atoms with E-state index in [1.807, 2.05) is 31.2 Å². The third-order valence-electron chi connectivity index (χ3n) is 4.07. The minimum atomic E-state index is -0.197. The summed E-state index contributed by atoms with van der Waals surface area (Å²) in [7, 11) is 3.46. The van der Waals surface area contributed by atoms with Crippen LogP contribution >= 0.6 is 0 Å². The Hall–Kier alpha value is -2.82. The number of nitrogens with zero attached hydrogens (tertiary/aromatic N) is 1. The van der Waals surface area contributed by atoms with Crippen molar-refractivity contribution in [3.63, 3.8) is 0 Å². The van der Waals surface area contributed by atoms with Crippen LogP contribution in [0.15, 0.2) is 48.5 Å². The van der Waals surface area contributed by atoms with Crippen molar-refractivity contribution in [3.05, 3.63) is 59.7 Å². The first-order chi connectivity index (χ1) is 12.4. The molecule has 0 radical (unpaired) electrons. The predicted octanol–water partition coefficient (Wildman–Crippen LogP) is 3.75. The fourth-order valence-corrected chi connectivity index (χ4v) is 2.27. The molecule has 5 heteroatoms. The van der Waals surface area contributed by atoms with E-state index in [1.165, 1.54) is 0 Å². The highest BCUT2D eigenvalue weighted by atomic mass is 16.5. The van der Waals surface area contributed by atoms with Crippen LogP contribution in [-0.4, -0.2) is 36.9 Å². The number of nitrogens with one attached hydrogen (secondary N) is 1. The zero-order chi connectivity index (χ0) is 19.1. The summed E-state index contributed by atoms with van der Waals surface area (Å²) >= 11 is 0. The van der Waals surface area contributed by atoms with Gasteiger partial charge in [-0.15, -0.1) is 0 Å². The Balaban J connectivity index is 2.01. The molecule has 0 aliphatic rings. The molecule has 2 aromatic carbocycles. The molecule has 1 N–H and O–H groups in total. The first kappa shape index (κ1) is 19.5. The highest BCUT2D eigenvalue weighted by molar-refractivity contribution is 6.04. The van der Waals surface area contributed by atoms with Gasteiger partial charge in [0.15, 0.2) is 0 Å². The summed E-state index contributed by atoms with van der Waals surface area (Å²) in [5.74, 6) is 0.529. The number of hydrogen-bond acceptors (Lipinski definition) is 3. The van der Waals surface area contributed by atoms with Crippen molar-refractivity contribution in [2.45, 2.75) is 32.8 Å². The number of hydrogen-bond donors (Lipinski definition) is 1. The smallest absolute Gasteiger partial charge is 0.255 e. The summed E-state index contributed by atoms with van der Waals surface area (Å²) in [4.78, 5) is 25.7. The van der Waals surface area contributed by atoms with E-state index >= 15 is 0 Å². The van der Waals surface area contributed by atoms with Gasteiger partial charge in [-0.05, 0) is 49.2 Å². The fourth-order valence-electron chi connectivity index (χ4n) is 2.27. The van der Waals surface area contributed by atoms with E-state index in [9.17, 15) is 9.59 Å². The average molecular weight is 354 g/mol. The summed E-state index contributed by atoms with van der Waals surface area (Å²) in [6.45, 7) is 4.05. The second kappa shape index (κ2) is 9.04. The molecule has 1 unspecified atom stereocenters. The molecule has 5 nitrogen and oxygen atoms in total. The minimum absolute atomic E-state index is 0.0416. The maximum atomic E-state index is 12.4. The van der Waals surface area contributed by atoms with Crippen LogP contribution in [0.3, 0.4) is 0 Å². The van der Waals surface area contributed by atoms with Crippen molar-refractivity contribution < 1.29 is 14.3 Å². The first-order valence-electron chi connectivity index (χ1n) is 8.76. The SMILES string of the molecule is CCC(C)Oc1cccc(C(=O)Nc2ccc(CC(=O)N(C)C)cc2)c1. The van der Waals surface area contributed by atoms with Gasteiger partial charge >= 0.3 is 0 Å². The third-order valence-corrected chi connectivity index (χ3v) is 4.07. The van der Waals surface area contributed by atoms with Crippen molar-refractivity contribution in [3.8, 4) is 5.75 Å². The monoisotopic (exact) mass is 354 g/mol. The van der Waals surface area contributed by atoms with Crippen LogP contribution < -0.4 is 10.1 Å². The van der Waals surface area contributed by atoms with E-state index in [4.69, 9.17) is 4.74 Å². The molecule has 0 fully saturated rings. The molecular weight excluding hydrogens is 328 g/mol. The molecule has 0 aromatic heterocycles. The Morgan fingerprint density at radius 2 is 1.81 bits per heavy atom. The number of amides is 2. The maximum Gasteiger partial charge on any atom is 0.255 e. The second-order valence-corrected chi connectivity index (χ2v) is 6.48. The van der Waals surface area contributed by atoms with Crippen molar-refractivity contribution in [2.75, 3.05) is 19.4 Å². The molecule has 2 rings (SSSR count). The van der Waals surface area contributed by atoms with E-state index in [2.05, 4.69) is 12.2 Å². The van der Waals surface area contributed by atoms with E-state index in [1.54, 1.807) is 43.3 Å². The molecule has 0 spiro atoms. The van der Waals surface area contributed by atoms with Crippen molar-refractivity contribution in [2.24, 2.45) is 0 Å². The van der Waals surface area contributed by atoms with Gasteiger partial charge in [0.2, 0.25) is 5.91 Å². The van der Waals surface area contributed by atoms with Crippen molar-refractivity contribution in [1.29, 1.82) is 0 Å². The van der Waals surface area contributed by atoms with Crippen LogP contribution in [0.1, 0.15) is 36.2 Å². The highest BCUT2D eigenvalue weighted by Gasteiger charge is 2.10. The summed E-state index contributed by atoms with van der Waals surface area (Å²) in [5, 5.41) is 2.87. The normalized spacial score (nSPS) is 11.5. The van der Waals surface area contributed by atoms with Crippen LogP contribution in [0, 0.1) is 0 Å². The molecule has 2 aromatic rings. The van der Waals surface area contributed by atoms with Crippen LogP contribution in [0.2, 0.25) is 0 Å². The molecule has 138 valence electrons. The van der Waals surface area contributed by atoms with Crippen molar-refractivity contribution >= 4 is 17.5 Å². The highest BCUT2D eigenvalue weighted by Crippen LogP contribution is 2.18. The van der Waals surface area contributed by atoms with Gasteiger partial charge < -0.3 is 15.0 Å². The lowest BCUT2D eigenvalue weighted by atomic mass is 10.1. The van der Waals surface area contributed by atoms with Crippen LogP contribution in [0.25, 0.3) is 0 Å². The number of ether oxygens (including phenoxy) is 1. The zero-order valence-corrected chi connectivity index (χ0v) is 15.8. The van der Waals surface area contributed by atoms with Gasteiger partial charge in [-0.1, -0.05) is 25.1 Å². The first-order valence-corrected chi connectivity index (χ1v) is 8.76. The quantitative estimate of drug-likeness (QED) is 0.824. The molecular formula is C21H26N2O3. The van der Waals surface area contributed by atoms with Gasteiger partial charge in [-0.3, -0.25) is 9.59 Å². The molecule has 0 saturated carbocycles. The Bertz CT molecular complexity index is 754. The fraction of sp³-hybridized carbons (Fsp3) is 0.333. The van der Waals surface area contributed by atoms with E-state index in [0.29, 0.717) is 23.4 Å². The number of carbonyl (C=O) groups excluding carboxylic acids is 2. The number of rotatable bonds is 7. The van der Waals surface area contributed by atoms with E-state index in [-0.39, 0.29) is 17.9 Å². The number of carbonyl (C=O) groups is 2. The predicted molar refractivity (Wildman–Crippen MR) is 104 cm³/mol.